The van der Waals surface area contributed by atoms with E-state index in [1.54, 1.807) is 0 Å². The fourth-order valence-corrected chi connectivity index (χ4v) is 4.16. The second-order valence-electron chi connectivity index (χ2n) is 6.33. The lowest BCUT2D eigenvalue weighted by Crippen LogP contribution is -2.17. The van der Waals surface area contributed by atoms with E-state index < -0.39 is 35.1 Å². The van der Waals surface area contributed by atoms with Crippen LogP contribution in [0.15, 0.2) is 30.3 Å². The van der Waals surface area contributed by atoms with Crippen LogP contribution in [0.1, 0.15) is 27.9 Å². The van der Waals surface area contributed by atoms with Crippen LogP contribution >= 0.6 is 35.1 Å². The first-order valence-corrected chi connectivity index (χ1v) is 10.1. The van der Waals surface area contributed by atoms with Crippen molar-refractivity contribution in [3.63, 3.8) is 0 Å². The van der Waals surface area contributed by atoms with Gasteiger partial charge in [0, 0.05) is 23.7 Å². The van der Waals surface area contributed by atoms with Gasteiger partial charge < -0.3 is 9.62 Å². The minimum Gasteiger partial charge on any atom is -0.322 e. The van der Waals surface area contributed by atoms with E-state index in [1.807, 2.05) is 4.31 Å². The SMILES string of the molecule is O=C(Nc1cc(C(F)(F)F)cc(C(F)(F)F)c1)c1cc(N2CCCS2)cc(Cl)c1Cl. The molecule has 3 rings (SSSR count). The predicted molar refractivity (Wildman–Crippen MR) is 105 cm³/mol. The lowest BCUT2D eigenvalue weighted by molar-refractivity contribution is -0.143. The van der Waals surface area contributed by atoms with E-state index in [0.717, 1.165) is 12.2 Å². The molecule has 1 heterocycles. The highest BCUT2D eigenvalue weighted by atomic mass is 35.5. The Bertz CT molecular complexity index is 942. The molecule has 0 unspecified atom stereocenters. The summed E-state index contributed by atoms with van der Waals surface area (Å²) in [6, 6.07) is 3.74. The fraction of sp³-hybridized carbons (Fsp3) is 0.278. The average Bonchev–Trinajstić information content (AvgIpc) is 3.16. The number of nitrogens with zero attached hydrogens (tertiary/aromatic N) is 1. The van der Waals surface area contributed by atoms with Crippen LogP contribution in [0, 0.1) is 0 Å². The molecule has 0 saturated carbocycles. The Hall–Kier alpha value is -1.78. The van der Waals surface area contributed by atoms with Crippen LogP contribution in [0.2, 0.25) is 10.0 Å². The number of carbonyl (C=O) groups excluding carboxylic acids is 1. The summed E-state index contributed by atoms with van der Waals surface area (Å²) in [5.74, 6) is -0.132. The molecule has 162 valence electrons. The van der Waals surface area contributed by atoms with Gasteiger partial charge in [-0.2, -0.15) is 26.3 Å². The minimum absolute atomic E-state index is 0.0231. The van der Waals surface area contributed by atoms with Gasteiger partial charge in [0.15, 0.2) is 0 Å². The molecule has 1 aliphatic rings. The van der Waals surface area contributed by atoms with E-state index in [4.69, 9.17) is 23.2 Å². The van der Waals surface area contributed by atoms with Gasteiger partial charge in [0.05, 0.1) is 26.7 Å². The molecule has 3 nitrogen and oxygen atoms in total. The van der Waals surface area contributed by atoms with Crippen LogP contribution in [0.5, 0.6) is 0 Å². The Morgan fingerprint density at radius 2 is 1.57 bits per heavy atom. The zero-order valence-corrected chi connectivity index (χ0v) is 17.1. The van der Waals surface area contributed by atoms with Crippen LogP contribution in [0.3, 0.4) is 0 Å². The van der Waals surface area contributed by atoms with Gasteiger partial charge in [-0.1, -0.05) is 23.2 Å². The number of hydrogen-bond acceptors (Lipinski definition) is 3. The summed E-state index contributed by atoms with van der Waals surface area (Å²) in [7, 11) is 0. The molecule has 30 heavy (non-hydrogen) atoms. The number of halogens is 8. The number of nitrogens with one attached hydrogen (secondary N) is 1. The molecule has 12 heteroatoms. The van der Waals surface area contributed by atoms with Crippen LogP contribution in [0.4, 0.5) is 37.7 Å². The first-order chi connectivity index (χ1) is 13.9. The summed E-state index contributed by atoms with van der Waals surface area (Å²) in [5, 5.41) is 1.93. The van der Waals surface area contributed by atoms with Crippen LogP contribution in [-0.2, 0) is 12.4 Å². The van der Waals surface area contributed by atoms with E-state index in [2.05, 4.69) is 5.32 Å². The monoisotopic (exact) mass is 488 g/mol. The Morgan fingerprint density at radius 3 is 2.07 bits per heavy atom. The highest BCUT2D eigenvalue weighted by molar-refractivity contribution is 8.00. The molecule has 0 atom stereocenters. The number of rotatable bonds is 3. The second kappa shape index (κ2) is 8.39. The molecule has 0 aromatic heterocycles. The molecular formula is C18H12Cl2F6N2OS. The van der Waals surface area contributed by atoms with Crippen molar-refractivity contribution in [1.82, 2.24) is 0 Å². The lowest BCUT2D eigenvalue weighted by Gasteiger charge is -2.19. The third-order valence-corrected chi connectivity index (χ3v) is 6.12. The van der Waals surface area contributed by atoms with Gasteiger partial charge in [0.2, 0.25) is 0 Å². The third kappa shape index (κ3) is 5.09. The van der Waals surface area contributed by atoms with E-state index in [9.17, 15) is 31.1 Å². The zero-order chi connectivity index (χ0) is 22.3. The maximum atomic E-state index is 13.0. The summed E-state index contributed by atoms with van der Waals surface area (Å²) in [5.41, 5.74) is -3.37. The second-order valence-corrected chi connectivity index (χ2v) is 8.22. The van der Waals surface area contributed by atoms with Crippen molar-refractivity contribution in [2.75, 3.05) is 21.9 Å². The smallest absolute Gasteiger partial charge is 0.322 e. The predicted octanol–water partition coefficient (Wildman–Crippen LogP) is 7.14. The Morgan fingerprint density at radius 1 is 0.967 bits per heavy atom. The summed E-state index contributed by atoms with van der Waals surface area (Å²) in [4.78, 5) is 12.6. The molecule has 0 spiro atoms. The number of benzene rings is 2. The number of carbonyl (C=O) groups is 1. The van der Waals surface area contributed by atoms with Gasteiger partial charge in [-0.05, 0) is 48.7 Å². The van der Waals surface area contributed by atoms with Crippen molar-refractivity contribution in [2.45, 2.75) is 18.8 Å². The highest BCUT2D eigenvalue weighted by Gasteiger charge is 2.37. The number of hydrogen-bond donors (Lipinski definition) is 1. The van der Waals surface area contributed by atoms with Gasteiger partial charge in [-0.25, -0.2) is 0 Å². The van der Waals surface area contributed by atoms with E-state index in [-0.39, 0.29) is 21.7 Å². The highest BCUT2D eigenvalue weighted by Crippen LogP contribution is 2.39. The van der Waals surface area contributed by atoms with Crippen molar-refractivity contribution >= 4 is 52.4 Å². The minimum atomic E-state index is -5.03. The Balaban J connectivity index is 1.98. The van der Waals surface area contributed by atoms with E-state index in [1.165, 1.54) is 24.1 Å². The standard InChI is InChI=1S/C18H12Cl2F6N2OS/c19-14-8-12(28-2-1-3-30-28)7-13(15(14)20)16(29)27-11-5-9(17(21,22)23)4-10(6-11)18(24,25)26/h4-8H,1-3H2,(H,27,29). The largest absolute Gasteiger partial charge is 0.416 e. The summed E-state index contributed by atoms with van der Waals surface area (Å²) >= 11 is 13.6. The van der Waals surface area contributed by atoms with Gasteiger partial charge in [-0.15, -0.1) is 0 Å². The van der Waals surface area contributed by atoms with E-state index >= 15 is 0 Å². The topological polar surface area (TPSA) is 32.3 Å². The molecule has 2 aromatic carbocycles. The van der Waals surface area contributed by atoms with Gasteiger partial charge in [0.25, 0.3) is 5.91 Å². The maximum Gasteiger partial charge on any atom is 0.416 e. The van der Waals surface area contributed by atoms with Crippen LogP contribution in [0.25, 0.3) is 0 Å². The molecule has 1 N–H and O–H groups in total. The molecule has 0 bridgehead atoms. The summed E-state index contributed by atoms with van der Waals surface area (Å²) in [6.07, 6.45) is -9.17. The van der Waals surface area contributed by atoms with Gasteiger partial charge in [-0.3, -0.25) is 4.79 Å². The molecule has 2 aromatic rings. The average molecular weight is 489 g/mol. The van der Waals surface area contributed by atoms with Crippen LogP contribution < -0.4 is 9.62 Å². The van der Waals surface area contributed by atoms with E-state index in [0.29, 0.717) is 24.4 Å². The fourth-order valence-electron chi connectivity index (χ4n) is 2.76. The molecule has 1 aliphatic heterocycles. The lowest BCUT2D eigenvalue weighted by atomic mass is 10.1. The van der Waals surface area contributed by atoms with Gasteiger partial charge >= 0.3 is 12.4 Å². The third-order valence-electron chi connectivity index (χ3n) is 4.14. The zero-order valence-electron chi connectivity index (χ0n) is 14.8. The van der Waals surface area contributed by atoms with Gasteiger partial charge in [0.1, 0.15) is 0 Å². The van der Waals surface area contributed by atoms with Crippen LogP contribution in [-0.4, -0.2) is 18.2 Å². The number of amides is 1. The van der Waals surface area contributed by atoms with Crippen molar-refractivity contribution in [3.05, 3.63) is 57.1 Å². The first kappa shape index (κ1) is 22.9. The summed E-state index contributed by atoms with van der Waals surface area (Å²) < 4.78 is 79.9. The van der Waals surface area contributed by atoms with Crippen molar-refractivity contribution in [2.24, 2.45) is 0 Å². The number of alkyl halides is 6. The summed E-state index contributed by atoms with van der Waals surface area (Å²) in [6.45, 7) is 0.687. The molecular weight excluding hydrogens is 477 g/mol. The van der Waals surface area contributed by atoms with Crippen molar-refractivity contribution in [3.8, 4) is 0 Å². The quantitative estimate of drug-likeness (QED) is 0.368. The molecule has 1 amide bonds. The molecule has 1 saturated heterocycles. The molecule has 1 fully saturated rings. The maximum absolute atomic E-state index is 13.0. The number of anilines is 2. The Kier molecular flexibility index (Phi) is 6.41. The van der Waals surface area contributed by atoms with Crippen molar-refractivity contribution < 1.29 is 31.1 Å². The van der Waals surface area contributed by atoms with Crippen molar-refractivity contribution in [1.29, 1.82) is 0 Å². The normalized spacial score (nSPS) is 14.9. The first-order valence-electron chi connectivity index (χ1n) is 8.36. The molecule has 0 aliphatic carbocycles. The Labute approximate surface area is 181 Å². The molecule has 0 radical (unpaired) electrons.